The number of amides is 4. The number of carbonyl (C=O) groups is 6. The third kappa shape index (κ3) is 71.2. The molecule has 0 rings (SSSR count). The quantitative estimate of drug-likeness (QED) is 0.0471. The van der Waals surface area contributed by atoms with Crippen molar-refractivity contribution in [1.29, 1.82) is 0 Å². The smallest absolute Gasteiger partial charge is 0.220 e. The Balaban J connectivity index is -0.000000430. The molecule has 0 aromatic heterocycles. The van der Waals surface area contributed by atoms with E-state index >= 15 is 0 Å². The average Bonchev–Trinajstić information content (AvgIpc) is 3.25. The van der Waals surface area contributed by atoms with Gasteiger partial charge in [0.05, 0.1) is 85.4 Å². The Labute approximate surface area is 437 Å². The average molecular weight is 1040 g/mol. The van der Waals surface area contributed by atoms with Crippen molar-refractivity contribution in [2.24, 2.45) is 41.4 Å². The summed E-state index contributed by atoms with van der Waals surface area (Å²) in [5.74, 6) is 3.01. The normalized spacial score (nSPS) is 11.1. The van der Waals surface area contributed by atoms with E-state index in [0.29, 0.717) is 173 Å². The van der Waals surface area contributed by atoms with E-state index in [1.165, 1.54) is 0 Å². The van der Waals surface area contributed by atoms with Gasteiger partial charge >= 0.3 is 0 Å². The highest BCUT2D eigenvalue weighted by Crippen LogP contribution is 2.02. The first kappa shape index (κ1) is 75.4. The molecule has 4 amide bonds. The van der Waals surface area contributed by atoms with Gasteiger partial charge in [-0.3, -0.25) is 28.8 Å². The Hall–Kier alpha value is -3.10. The summed E-state index contributed by atoms with van der Waals surface area (Å²) < 4.78 is 42.3. The molecule has 0 atom stereocenters. The van der Waals surface area contributed by atoms with Crippen LogP contribution in [0.3, 0.4) is 0 Å². The van der Waals surface area contributed by atoms with Gasteiger partial charge in [0.25, 0.3) is 0 Å². The Kier molecular flexibility index (Phi) is 56.7. The summed E-state index contributed by atoms with van der Waals surface area (Å²) in [4.78, 5) is 67.7. The number of nitrogens with one attached hydrogen (secondary N) is 4. The fourth-order valence-electron chi connectivity index (χ4n) is 5.29. The van der Waals surface area contributed by atoms with E-state index in [1.807, 2.05) is 96.9 Å². The highest BCUT2D eigenvalue weighted by molar-refractivity contribution is 5.81. The van der Waals surface area contributed by atoms with E-state index in [2.05, 4.69) is 35.1 Å². The maximum absolute atomic E-state index is 11.3. The van der Waals surface area contributed by atoms with E-state index < -0.39 is 0 Å². The van der Waals surface area contributed by atoms with Gasteiger partial charge in [0.1, 0.15) is 13.2 Å². The van der Waals surface area contributed by atoms with Crippen molar-refractivity contribution in [3.05, 3.63) is 0 Å². The highest BCUT2D eigenvalue weighted by atomic mass is 16.5. The lowest BCUT2D eigenvalue weighted by atomic mass is 10.1. The molecule has 0 spiro atoms. The summed E-state index contributed by atoms with van der Waals surface area (Å²) in [6.07, 6.45) is 3.05. The van der Waals surface area contributed by atoms with Gasteiger partial charge in [-0.25, -0.2) is 0 Å². The zero-order chi connectivity index (χ0) is 55.5. The molecule has 0 fully saturated rings. The molecule has 18 heteroatoms. The zero-order valence-electron chi connectivity index (χ0n) is 48.3. The molecule has 0 aromatic carbocycles. The molecule has 18 nitrogen and oxygen atoms in total. The number of ketones is 2. The molecular weight excluding hydrogens is 929 g/mol. The van der Waals surface area contributed by atoms with E-state index in [1.54, 1.807) is 0 Å². The van der Waals surface area contributed by atoms with Crippen LogP contribution >= 0.6 is 0 Å². The molecule has 0 heterocycles. The molecule has 0 aromatic rings. The summed E-state index contributed by atoms with van der Waals surface area (Å²) in [6.45, 7) is 41.4. The van der Waals surface area contributed by atoms with Gasteiger partial charge in [-0.1, -0.05) is 96.9 Å². The van der Waals surface area contributed by atoms with Crippen LogP contribution in [0, 0.1) is 41.4 Å². The van der Waals surface area contributed by atoms with Crippen LogP contribution in [0.5, 0.6) is 0 Å². The van der Waals surface area contributed by atoms with E-state index in [9.17, 15) is 28.8 Å². The van der Waals surface area contributed by atoms with Crippen molar-refractivity contribution in [3.63, 3.8) is 0 Å². The lowest BCUT2D eigenvalue weighted by Crippen LogP contribution is -2.28. The van der Waals surface area contributed by atoms with Crippen molar-refractivity contribution in [2.45, 2.75) is 149 Å². The Morgan fingerprint density at radius 3 is 0.903 bits per heavy atom. The molecule has 0 saturated heterocycles. The van der Waals surface area contributed by atoms with Crippen LogP contribution in [0.15, 0.2) is 0 Å². The Morgan fingerprint density at radius 2 is 0.611 bits per heavy atom. The first-order valence-electron chi connectivity index (χ1n) is 26.7. The second kappa shape index (κ2) is 54.2. The molecule has 0 unspecified atom stereocenters. The summed E-state index contributed by atoms with van der Waals surface area (Å²) >= 11 is 0. The number of rotatable bonds is 42. The summed E-state index contributed by atoms with van der Waals surface area (Å²) in [6, 6.07) is 0. The minimum atomic E-state index is 0.0112. The van der Waals surface area contributed by atoms with E-state index in [-0.39, 0.29) is 60.4 Å². The van der Waals surface area contributed by atoms with E-state index in [4.69, 9.17) is 37.9 Å². The molecule has 72 heavy (non-hydrogen) atoms. The van der Waals surface area contributed by atoms with Crippen molar-refractivity contribution >= 4 is 35.2 Å². The lowest BCUT2D eigenvalue weighted by Gasteiger charge is -2.09. The fraction of sp³-hybridized carbons (Fsp3) is 0.889. The van der Waals surface area contributed by atoms with Crippen LogP contribution in [0.4, 0.5) is 0 Å². The molecule has 0 aliphatic heterocycles. The Morgan fingerprint density at radius 1 is 0.319 bits per heavy atom. The van der Waals surface area contributed by atoms with E-state index in [0.717, 1.165) is 6.61 Å². The van der Waals surface area contributed by atoms with Crippen LogP contribution in [0.2, 0.25) is 0 Å². The number of Topliss-reactive ketones (excluding diaryl/α,β-unsaturated/α-hetero) is 2. The van der Waals surface area contributed by atoms with Gasteiger partial charge in [0.15, 0.2) is 11.6 Å². The molecule has 0 radical (unpaired) electrons. The minimum absolute atomic E-state index is 0.0112. The molecule has 4 N–H and O–H groups in total. The lowest BCUT2D eigenvalue weighted by molar-refractivity contribution is -0.127. The second-order valence-electron chi connectivity index (χ2n) is 20.5. The monoisotopic (exact) mass is 1040 g/mol. The zero-order valence-corrected chi connectivity index (χ0v) is 48.3. The SMILES string of the molecule is CC(C)CC(=O)COCCOCCNC(=O)CC(C)C.CC(C)CC(=O)NCCOCCOC(C)C.CC(C)CC(=O)NCCOCCOCC(=O)C(C)C.CC(C)COCCOCCNC(=O)CC(C)C. The summed E-state index contributed by atoms with van der Waals surface area (Å²) in [7, 11) is 0. The highest BCUT2D eigenvalue weighted by Gasteiger charge is 2.09. The van der Waals surface area contributed by atoms with Gasteiger partial charge in [0.2, 0.25) is 23.6 Å². The first-order valence-corrected chi connectivity index (χ1v) is 26.7. The van der Waals surface area contributed by atoms with Crippen molar-refractivity contribution < 1.29 is 66.7 Å². The van der Waals surface area contributed by atoms with Gasteiger partial charge in [0, 0.05) is 70.8 Å². The third-order valence-electron chi connectivity index (χ3n) is 8.68. The predicted octanol–water partition coefficient (Wildman–Crippen LogP) is 6.63. The van der Waals surface area contributed by atoms with Gasteiger partial charge in [-0.2, -0.15) is 0 Å². The van der Waals surface area contributed by atoms with Gasteiger partial charge in [-0.05, 0) is 49.4 Å². The van der Waals surface area contributed by atoms with Crippen molar-refractivity contribution in [2.75, 3.05) is 125 Å². The van der Waals surface area contributed by atoms with Crippen LogP contribution in [-0.2, 0) is 66.7 Å². The van der Waals surface area contributed by atoms with Gasteiger partial charge < -0.3 is 59.2 Å². The molecule has 0 aliphatic carbocycles. The van der Waals surface area contributed by atoms with Crippen LogP contribution < -0.4 is 21.3 Å². The minimum Gasteiger partial charge on any atom is -0.379 e. The van der Waals surface area contributed by atoms with Crippen LogP contribution in [-0.4, -0.2) is 167 Å². The second-order valence-corrected chi connectivity index (χ2v) is 20.5. The Bertz CT molecular complexity index is 1270. The molecule has 0 bridgehead atoms. The molecule has 0 aliphatic rings. The van der Waals surface area contributed by atoms with Crippen LogP contribution in [0.25, 0.3) is 0 Å². The number of carbonyl (C=O) groups excluding carboxylic acids is 6. The molecule has 428 valence electrons. The maximum Gasteiger partial charge on any atom is 0.220 e. The van der Waals surface area contributed by atoms with Crippen molar-refractivity contribution in [3.8, 4) is 0 Å². The van der Waals surface area contributed by atoms with Gasteiger partial charge in [-0.15, -0.1) is 0 Å². The molecular formula is C54H108N4O14. The number of ether oxygens (including phenoxy) is 8. The molecule has 0 saturated carbocycles. The maximum atomic E-state index is 11.3. The number of hydrogen-bond donors (Lipinski definition) is 4. The fourth-order valence-corrected chi connectivity index (χ4v) is 5.29. The number of hydrogen-bond acceptors (Lipinski definition) is 14. The van der Waals surface area contributed by atoms with Crippen LogP contribution in [0.1, 0.15) is 143 Å². The topological polar surface area (TPSA) is 224 Å². The largest absolute Gasteiger partial charge is 0.379 e. The third-order valence-corrected chi connectivity index (χ3v) is 8.68. The van der Waals surface area contributed by atoms with Crippen molar-refractivity contribution in [1.82, 2.24) is 21.3 Å². The predicted molar refractivity (Wildman–Crippen MR) is 286 cm³/mol. The summed E-state index contributed by atoms with van der Waals surface area (Å²) in [5, 5.41) is 11.2. The standard InChI is InChI=1S/C15H29NO4.C14H27NO4.C13H27NO3.C12H25NO3/c1-12(2)9-14(17)11-20-8-7-19-6-5-16-15(18)10-13(3)4;1-11(2)9-14(17)15-5-6-18-7-8-19-10-13(16)12(3)4;1-11(2)9-13(15)14-5-6-16-7-8-17-10-12(3)4;1-10(2)9-12(14)13-5-6-15-7-8-16-11(3)4/h12-13H,5-11H2,1-4H3,(H,16,18);11-12H,5-10H2,1-4H3,(H,15,17);11-12H,5-10H2,1-4H3,(H,14,15);10-11H,5-9H2,1-4H3,(H,13,14). The summed E-state index contributed by atoms with van der Waals surface area (Å²) in [5.41, 5.74) is 0. The first-order chi connectivity index (χ1) is 33.9.